The maximum atomic E-state index is 12.9. The molecule has 2 aromatic rings. The number of hydrogen-bond acceptors (Lipinski definition) is 4. The van der Waals surface area contributed by atoms with Crippen LogP contribution in [0.1, 0.15) is 5.69 Å². The molecule has 1 heterocycles. The van der Waals surface area contributed by atoms with Crippen LogP contribution in [0, 0.1) is 5.82 Å². The van der Waals surface area contributed by atoms with Crippen LogP contribution in [-0.2, 0) is 6.61 Å². The normalized spacial score (nSPS) is 10.4. The van der Waals surface area contributed by atoms with Crippen molar-refractivity contribution in [1.29, 1.82) is 0 Å². The number of nitrogen functional groups attached to an aromatic ring is 1. The van der Waals surface area contributed by atoms with Crippen LogP contribution in [0.15, 0.2) is 28.1 Å². The van der Waals surface area contributed by atoms with Crippen molar-refractivity contribution in [3.8, 4) is 5.75 Å². The first kappa shape index (κ1) is 11.3. The highest BCUT2D eigenvalue weighted by atomic mass is 79.9. The van der Waals surface area contributed by atoms with Crippen molar-refractivity contribution < 1.29 is 9.13 Å². The van der Waals surface area contributed by atoms with Gasteiger partial charge >= 0.3 is 0 Å². The van der Waals surface area contributed by atoms with E-state index in [0.29, 0.717) is 22.0 Å². The predicted octanol–water partition coefficient (Wildman–Crippen LogP) is 3.21. The number of halogens is 2. The van der Waals surface area contributed by atoms with E-state index in [9.17, 15) is 4.39 Å². The zero-order valence-electron chi connectivity index (χ0n) is 8.11. The monoisotopic (exact) mass is 302 g/mol. The van der Waals surface area contributed by atoms with Gasteiger partial charge in [0, 0.05) is 5.38 Å². The first-order chi connectivity index (χ1) is 7.65. The van der Waals surface area contributed by atoms with E-state index >= 15 is 0 Å². The first-order valence-electron chi connectivity index (χ1n) is 4.43. The lowest BCUT2D eigenvalue weighted by Crippen LogP contribution is -1.96. The SMILES string of the molecule is Nc1nc(COc2ccc(F)c(Br)c2)cs1. The maximum absolute atomic E-state index is 12.9. The fourth-order valence-corrected chi connectivity index (χ4v) is 2.02. The van der Waals surface area contributed by atoms with E-state index in [4.69, 9.17) is 10.5 Å². The second-order valence-corrected chi connectivity index (χ2v) is 4.79. The molecule has 0 aliphatic carbocycles. The summed E-state index contributed by atoms with van der Waals surface area (Å²) in [6.07, 6.45) is 0. The lowest BCUT2D eigenvalue weighted by molar-refractivity contribution is 0.301. The molecule has 0 amide bonds. The highest BCUT2D eigenvalue weighted by molar-refractivity contribution is 9.10. The number of aromatic nitrogens is 1. The van der Waals surface area contributed by atoms with Gasteiger partial charge in [-0.3, -0.25) is 0 Å². The summed E-state index contributed by atoms with van der Waals surface area (Å²) < 4.78 is 18.7. The average Bonchev–Trinajstić information content (AvgIpc) is 2.66. The minimum atomic E-state index is -0.315. The Morgan fingerprint density at radius 3 is 2.94 bits per heavy atom. The largest absolute Gasteiger partial charge is 0.487 e. The number of anilines is 1. The Kier molecular flexibility index (Phi) is 3.40. The molecule has 2 N–H and O–H groups in total. The third-order valence-corrected chi connectivity index (χ3v) is 3.18. The molecule has 0 spiro atoms. The molecule has 0 saturated heterocycles. The van der Waals surface area contributed by atoms with Gasteiger partial charge in [0.2, 0.25) is 0 Å². The zero-order valence-corrected chi connectivity index (χ0v) is 10.5. The van der Waals surface area contributed by atoms with Crippen LogP contribution in [-0.4, -0.2) is 4.98 Å². The molecular formula is C10H8BrFN2OS. The predicted molar refractivity (Wildman–Crippen MR) is 65.0 cm³/mol. The molecule has 16 heavy (non-hydrogen) atoms. The van der Waals surface area contributed by atoms with Crippen LogP contribution < -0.4 is 10.5 Å². The average molecular weight is 303 g/mol. The number of thiazole rings is 1. The van der Waals surface area contributed by atoms with E-state index in [2.05, 4.69) is 20.9 Å². The Labute approximate surface area is 104 Å². The van der Waals surface area contributed by atoms with E-state index < -0.39 is 0 Å². The molecule has 1 aromatic carbocycles. The van der Waals surface area contributed by atoms with Gasteiger partial charge in [-0.1, -0.05) is 0 Å². The summed E-state index contributed by atoms with van der Waals surface area (Å²) in [5, 5.41) is 2.34. The van der Waals surface area contributed by atoms with E-state index in [1.807, 2.05) is 5.38 Å². The van der Waals surface area contributed by atoms with Gasteiger partial charge in [-0.2, -0.15) is 0 Å². The summed E-state index contributed by atoms with van der Waals surface area (Å²) in [6, 6.07) is 4.48. The van der Waals surface area contributed by atoms with Crippen molar-refractivity contribution in [3.05, 3.63) is 39.6 Å². The van der Waals surface area contributed by atoms with Crippen LogP contribution in [0.25, 0.3) is 0 Å². The molecule has 2 rings (SSSR count). The smallest absolute Gasteiger partial charge is 0.180 e. The zero-order chi connectivity index (χ0) is 11.5. The second kappa shape index (κ2) is 4.80. The molecule has 0 bridgehead atoms. The Morgan fingerprint density at radius 1 is 1.50 bits per heavy atom. The summed E-state index contributed by atoms with van der Waals surface area (Å²) >= 11 is 4.45. The minimum Gasteiger partial charge on any atom is -0.487 e. The molecule has 84 valence electrons. The number of rotatable bonds is 3. The van der Waals surface area contributed by atoms with E-state index in [-0.39, 0.29) is 5.82 Å². The second-order valence-electron chi connectivity index (χ2n) is 3.04. The lowest BCUT2D eigenvalue weighted by Gasteiger charge is -2.04. The fourth-order valence-electron chi connectivity index (χ4n) is 1.11. The van der Waals surface area contributed by atoms with Gasteiger partial charge in [-0.15, -0.1) is 11.3 Å². The molecule has 0 aliphatic rings. The number of benzene rings is 1. The summed E-state index contributed by atoms with van der Waals surface area (Å²) in [7, 11) is 0. The molecule has 0 aliphatic heterocycles. The molecule has 0 unspecified atom stereocenters. The van der Waals surface area contributed by atoms with Crippen LogP contribution in [0.2, 0.25) is 0 Å². The first-order valence-corrected chi connectivity index (χ1v) is 6.10. The Hall–Kier alpha value is -1.14. The van der Waals surface area contributed by atoms with Gasteiger partial charge in [0.25, 0.3) is 0 Å². The van der Waals surface area contributed by atoms with Gasteiger partial charge in [-0.05, 0) is 34.1 Å². The number of nitrogens with two attached hydrogens (primary N) is 1. The highest BCUT2D eigenvalue weighted by Gasteiger charge is 2.03. The Morgan fingerprint density at radius 2 is 2.31 bits per heavy atom. The molecular weight excluding hydrogens is 295 g/mol. The summed E-state index contributed by atoms with van der Waals surface area (Å²) in [6.45, 7) is 0.325. The van der Waals surface area contributed by atoms with E-state index in [0.717, 1.165) is 5.69 Å². The molecule has 1 aromatic heterocycles. The van der Waals surface area contributed by atoms with E-state index in [1.54, 1.807) is 12.1 Å². The molecule has 0 saturated carbocycles. The third kappa shape index (κ3) is 2.70. The lowest BCUT2D eigenvalue weighted by atomic mass is 10.3. The van der Waals surface area contributed by atoms with Gasteiger partial charge in [0.15, 0.2) is 5.13 Å². The van der Waals surface area contributed by atoms with Crippen molar-refractivity contribution in [1.82, 2.24) is 4.98 Å². The molecule has 3 nitrogen and oxygen atoms in total. The molecule has 6 heteroatoms. The third-order valence-electron chi connectivity index (χ3n) is 1.85. The van der Waals surface area contributed by atoms with Crippen LogP contribution in [0.5, 0.6) is 5.75 Å². The van der Waals surface area contributed by atoms with Crippen molar-refractivity contribution in [2.75, 3.05) is 5.73 Å². The van der Waals surface area contributed by atoms with Crippen LogP contribution in [0.3, 0.4) is 0 Å². The fraction of sp³-hybridized carbons (Fsp3) is 0.100. The van der Waals surface area contributed by atoms with Crippen molar-refractivity contribution in [2.45, 2.75) is 6.61 Å². The van der Waals surface area contributed by atoms with Crippen LogP contribution >= 0.6 is 27.3 Å². The van der Waals surface area contributed by atoms with E-state index in [1.165, 1.54) is 17.4 Å². The minimum absolute atomic E-state index is 0.315. The summed E-state index contributed by atoms with van der Waals surface area (Å²) in [4.78, 5) is 4.05. The quantitative estimate of drug-likeness (QED) is 0.947. The summed E-state index contributed by atoms with van der Waals surface area (Å²) in [5.74, 6) is 0.269. The van der Waals surface area contributed by atoms with Crippen molar-refractivity contribution in [3.63, 3.8) is 0 Å². The van der Waals surface area contributed by atoms with Gasteiger partial charge < -0.3 is 10.5 Å². The number of hydrogen-bond donors (Lipinski definition) is 1. The molecule has 0 radical (unpaired) electrons. The maximum Gasteiger partial charge on any atom is 0.180 e. The highest BCUT2D eigenvalue weighted by Crippen LogP contribution is 2.22. The Balaban J connectivity index is 2.02. The van der Waals surface area contributed by atoms with Crippen molar-refractivity contribution >= 4 is 32.4 Å². The molecule has 0 atom stereocenters. The van der Waals surface area contributed by atoms with Gasteiger partial charge in [-0.25, -0.2) is 9.37 Å². The van der Waals surface area contributed by atoms with Gasteiger partial charge in [0.05, 0.1) is 10.2 Å². The standard InChI is InChI=1S/C10H8BrFN2OS/c11-8-3-7(1-2-9(8)12)15-4-6-5-16-10(13)14-6/h1-3,5H,4H2,(H2,13,14). The van der Waals surface area contributed by atoms with Gasteiger partial charge in [0.1, 0.15) is 18.2 Å². The topological polar surface area (TPSA) is 48.1 Å². The number of ether oxygens (including phenoxy) is 1. The van der Waals surface area contributed by atoms with Crippen molar-refractivity contribution in [2.24, 2.45) is 0 Å². The summed E-state index contributed by atoms with van der Waals surface area (Å²) in [5.41, 5.74) is 6.25. The molecule has 0 fully saturated rings. The number of nitrogens with zero attached hydrogens (tertiary/aromatic N) is 1. The Bertz CT molecular complexity index is 503. The van der Waals surface area contributed by atoms with Crippen LogP contribution in [0.4, 0.5) is 9.52 Å².